The van der Waals surface area contributed by atoms with Crippen LogP contribution in [0.25, 0.3) is 11.5 Å². The maximum atomic E-state index is 12.4. The van der Waals surface area contributed by atoms with Gasteiger partial charge in [0.05, 0.1) is 18.7 Å². The van der Waals surface area contributed by atoms with Crippen molar-refractivity contribution in [3.8, 4) is 11.5 Å². The fraction of sp³-hybridized carbons (Fsp3) is 0.381. The van der Waals surface area contributed by atoms with E-state index in [1.54, 1.807) is 0 Å². The van der Waals surface area contributed by atoms with Crippen molar-refractivity contribution in [2.75, 3.05) is 18.9 Å². The van der Waals surface area contributed by atoms with Crippen LogP contribution in [0.5, 0.6) is 0 Å². The number of nitrogens with zero attached hydrogens (tertiary/aromatic N) is 3. The predicted octanol–water partition coefficient (Wildman–Crippen LogP) is 3.94. The van der Waals surface area contributed by atoms with Crippen molar-refractivity contribution in [2.24, 2.45) is 0 Å². The van der Waals surface area contributed by atoms with Gasteiger partial charge in [0.15, 0.2) is 0 Å². The molecule has 1 aromatic carbocycles. The number of rotatable bonds is 6. The van der Waals surface area contributed by atoms with Gasteiger partial charge in [-0.1, -0.05) is 17.7 Å². The Morgan fingerprint density at radius 1 is 1.04 bits per heavy atom. The SMILES string of the molecule is Cc1cc(C)c(NC(=O)CN(C)Cc2nnc(-c3cc(C)oc3C)o2)c(C)c1. The highest BCUT2D eigenvalue weighted by Gasteiger charge is 2.17. The van der Waals surface area contributed by atoms with Gasteiger partial charge >= 0.3 is 0 Å². The second kappa shape index (κ2) is 7.98. The van der Waals surface area contributed by atoms with E-state index >= 15 is 0 Å². The first kappa shape index (κ1) is 19.8. The zero-order chi connectivity index (χ0) is 20.4. The number of likely N-dealkylation sites (N-methyl/N-ethyl adjacent to an activating group) is 1. The van der Waals surface area contributed by atoms with E-state index in [9.17, 15) is 4.79 Å². The molecule has 1 amide bonds. The van der Waals surface area contributed by atoms with Gasteiger partial charge in [0.2, 0.25) is 11.8 Å². The molecule has 0 aliphatic heterocycles. The van der Waals surface area contributed by atoms with Gasteiger partial charge in [-0.3, -0.25) is 9.69 Å². The molecule has 1 N–H and O–H groups in total. The number of aromatic nitrogens is 2. The van der Waals surface area contributed by atoms with Crippen LogP contribution < -0.4 is 5.32 Å². The van der Waals surface area contributed by atoms with Crippen LogP contribution in [-0.4, -0.2) is 34.6 Å². The van der Waals surface area contributed by atoms with Crippen molar-refractivity contribution >= 4 is 11.6 Å². The maximum Gasteiger partial charge on any atom is 0.251 e. The summed E-state index contributed by atoms with van der Waals surface area (Å²) in [7, 11) is 1.84. The van der Waals surface area contributed by atoms with Crippen molar-refractivity contribution in [3.63, 3.8) is 0 Å². The Morgan fingerprint density at radius 3 is 2.32 bits per heavy atom. The number of furan rings is 1. The van der Waals surface area contributed by atoms with E-state index in [0.717, 1.165) is 33.9 Å². The molecule has 0 radical (unpaired) electrons. The lowest BCUT2D eigenvalue weighted by Crippen LogP contribution is -2.30. The molecule has 0 spiro atoms. The van der Waals surface area contributed by atoms with E-state index in [2.05, 4.69) is 27.6 Å². The minimum atomic E-state index is -0.0846. The minimum absolute atomic E-state index is 0.0846. The lowest BCUT2D eigenvalue weighted by atomic mass is 10.1. The Kier molecular flexibility index (Phi) is 5.65. The van der Waals surface area contributed by atoms with E-state index in [4.69, 9.17) is 8.83 Å². The smallest absolute Gasteiger partial charge is 0.251 e. The summed E-state index contributed by atoms with van der Waals surface area (Å²) in [6.07, 6.45) is 0. The summed E-state index contributed by atoms with van der Waals surface area (Å²) in [5.74, 6) is 2.32. The van der Waals surface area contributed by atoms with E-state index in [0.29, 0.717) is 18.3 Å². The molecule has 3 rings (SSSR count). The summed E-state index contributed by atoms with van der Waals surface area (Å²) in [4.78, 5) is 14.3. The van der Waals surface area contributed by atoms with Crippen LogP contribution in [0.3, 0.4) is 0 Å². The number of amides is 1. The van der Waals surface area contributed by atoms with Gasteiger partial charge < -0.3 is 14.2 Å². The largest absolute Gasteiger partial charge is 0.466 e. The zero-order valence-electron chi connectivity index (χ0n) is 17.2. The lowest BCUT2D eigenvalue weighted by molar-refractivity contribution is -0.117. The first-order valence-electron chi connectivity index (χ1n) is 9.19. The molecule has 0 aliphatic carbocycles. The van der Waals surface area contributed by atoms with Crippen LogP contribution in [0.15, 0.2) is 27.0 Å². The zero-order valence-corrected chi connectivity index (χ0v) is 17.2. The fourth-order valence-corrected chi connectivity index (χ4v) is 3.36. The minimum Gasteiger partial charge on any atom is -0.466 e. The quantitative estimate of drug-likeness (QED) is 0.695. The number of carbonyl (C=O) groups excluding carboxylic acids is 1. The first-order valence-corrected chi connectivity index (χ1v) is 9.19. The highest BCUT2D eigenvalue weighted by molar-refractivity contribution is 5.93. The molecule has 2 aromatic heterocycles. The van der Waals surface area contributed by atoms with Crippen LogP contribution >= 0.6 is 0 Å². The molecule has 28 heavy (non-hydrogen) atoms. The third kappa shape index (κ3) is 4.48. The topological polar surface area (TPSA) is 84.4 Å². The highest BCUT2D eigenvalue weighted by Crippen LogP contribution is 2.25. The van der Waals surface area contributed by atoms with Gasteiger partial charge in [0, 0.05) is 5.69 Å². The second-order valence-corrected chi connectivity index (χ2v) is 7.32. The van der Waals surface area contributed by atoms with Crippen molar-refractivity contribution < 1.29 is 13.6 Å². The molecule has 0 atom stereocenters. The van der Waals surface area contributed by atoms with Crippen LogP contribution in [0.1, 0.15) is 34.1 Å². The van der Waals surface area contributed by atoms with Gasteiger partial charge in [0.25, 0.3) is 5.89 Å². The second-order valence-electron chi connectivity index (χ2n) is 7.32. The molecule has 148 valence electrons. The van der Waals surface area contributed by atoms with Crippen molar-refractivity contribution in [1.82, 2.24) is 15.1 Å². The normalized spacial score (nSPS) is 11.2. The average Bonchev–Trinajstić information content (AvgIpc) is 3.16. The van der Waals surface area contributed by atoms with E-state index in [1.165, 1.54) is 5.56 Å². The van der Waals surface area contributed by atoms with E-state index < -0.39 is 0 Å². The number of aryl methyl sites for hydroxylation is 5. The molecule has 0 unspecified atom stereocenters. The number of carbonyl (C=O) groups is 1. The molecular formula is C21H26N4O3. The average molecular weight is 382 g/mol. The Labute approximate surface area is 164 Å². The van der Waals surface area contributed by atoms with Crippen LogP contribution in [0.2, 0.25) is 0 Å². The summed E-state index contributed by atoms with van der Waals surface area (Å²) in [5, 5.41) is 11.2. The van der Waals surface area contributed by atoms with E-state index in [1.807, 2.05) is 52.6 Å². The van der Waals surface area contributed by atoms with Crippen molar-refractivity contribution in [2.45, 2.75) is 41.2 Å². The maximum absolute atomic E-state index is 12.4. The van der Waals surface area contributed by atoms with Gasteiger partial charge in [0.1, 0.15) is 11.5 Å². The Balaban J connectivity index is 1.61. The lowest BCUT2D eigenvalue weighted by Gasteiger charge is -2.16. The van der Waals surface area contributed by atoms with Crippen molar-refractivity contribution in [1.29, 1.82) is 0 Å². The van der Waals surface area contributed by atoms with Gasteiger partial charge in [-0.2, -0.15) is 0 Å². The molecule has 0 saturated heterocycles. The third-order valence-electron chi connectivity index (χ3n) is 4.50. The molecule has 0 fully saturated rings. The Hall–Kier alpha value is -2.93. The molecule has 3 aromatic rings. The van der Waals surface area contributed by atoms with Crippen molar-refractivity contribution in [3.05, 3.63) is 52.3 Å². The molecular weight excluding hydrogens is 356 g/mol. The molecule has 0 saturated carbocycles. The van der Waals surface area contributed by atoms with Gasteiger partial charge in [-0.15, -0.1) is 10.2 Å². The number of hydrogen-bond acceptors (Lipinski definition) is 6. The standard InChI is InChI=1S/C21H26N4O3/c1-12-7-13(2)20(14(3)8-12)22-18(26)10-25(6)11-19-23-24-21(28-19)17-9-15(4)27-16(17)5/h7-9H,10-11H2,1-6H3,(H,22,26). The highest BCUT2D eigenvalue weighted by atomic mass is 16.4. The summed E-state index contributed by atoms with van der Waals surface area (Å²) in [6, 6.07) is 5.99. The summed E-state index contributed by atoms with van der Waals surface area (Å²) in [6.45, 7) is 10.4. The first-order chi connectivity index (χ1) is 13.2. The van der Waals surface area contributed by atoms with Gasteiger partial charge in [-0.05, 0) is 58.9 Å². The Bertz CT molecular complexity index is 980. The van der Waals surface area contributed by atoms with Crippen LogP contribution in [0, 0.1) is 34.6 Å². The predicted molar refractivity (Wildman–Crippen MR) is 107 cm³/mol. The number of benzene rings is 1. The summed E-state index contributed by atoms with van der Waals surface area (Å²) in [5.41, 5.74) is 4.96. The van der Waals surface area contributed by atoms with Gasteiger partial charge in [-0.25, -0.2) is 0 Å². The number of anilines is 1. The number of hydrogen-bond donors (Lipinski definition) is 1. The summed E-state index contributed by atoms with van der Waals surface area (Å²) < 4.78 is 11.2. The molecule has 0 aliphatic rings. The third-order valence-corrected chi connectivity index (χ3v) is 4.50. The number of nitrogens with one attached hydrogen (secondary N) is 1. The Morgan fingerprint density at radius 2 is 1.71 bits per heavy atom. The van der Waals surface area contributed by atoms with Crippen LogP contribution in [-0.2, 0) is 11.3 Å². The molecule has 0 bridgehead atoms. The van der Waals surface area contributed by atoms with E-state index in [-0.39, 0.29) is 12.5 Å². The summed E-state index contributed by atoms with van der Waals surface area (Å²) >= 11 is 0. The molecule has 7 heteroatoms. The monoisotopic (exact) mass is 382 g/mol. The molecule has 7 nitrogen and oxygen atoms in total. The molecule has 2 heterocycles. The van der Waals surface area contributed by atoms with Crippen LogP contribution in [0.4, 0.5) is 5.69 Å². The fourth-order valence-electron chi connectivity index (χ4n) is 3.36.